The number of hydrogen-bond donors (Lipinski definition) is 1. The first-order valence-corrected chi connectivity index (χ1v) is 9.22. The van der Waals surface area contributed by atoms with Crippen molar-refractivity contribution in [2.75, 3.05) is 19.7 Å². The van der Waals surface area contributed by atoms with Gasteiger partial charge in [0.05, 0.1) is 5.92 Å². The predicted molar refractivity (Wildman–Crippen MR) is 98.1 cm³/mol. The van der Waals surface area contributed by atoms with Crippen molar-refractivity contribution in [3.8, 4) is 0 Å². The van der Waals surface area contributed by atoms with Gasteiger partial charge in [-0.15, -0.1) is 0 Å². The summed E-state index contributed by atoms with van der Waals surface area (Å²) in [5.41, 5.74) is 6.21. The maximum atomic E-state index is 12.6. The molecule has 1 aliphatic heterocycles. The van der Waals surface area contributed by atoms with E-state index in [4.69, 9.17) is 10.5 Å². The quantitative estimate of drug-likeness (QED) is 0.754. The molecule has 1 saturated heterocycles. The van der Waals surface area contributed by atoms with Crippen molar-refractivity contribution < 1.29 is 19.1 Å². The van der Waals surface area contributed by atoms with Gasteiger partial charge in [-0.3, -0.25) is 14.4 Å². The Morgan fingerprint density at radius 1 is 1.19 bits per heavy atom. The Bertz CT molecular complexity index is 624. The molecule has 0 spiro atoms. The molecule has 0 saturated carbocycles. The Labute approximate surface area is 154 Å². The van der Waals surface area contributed by atoms with Gasteiger partial charge in [-0.05, 0) is 24.3 Å². The average Bonchev–Trinajstić information content (AvgIpc) is 2.67. The summed E-state index contributed by atoms with van der Waals surface area (Å²) in [5.74, 6) is -1.35. The number of nitrogens with zero attached hydrogens (tertiary/aromatic N) is 1. The third kappa shape index (κ3) is 5.07. The summed E-state index contributed by atoms with van der Waals surface area (Å²) in [5, 5.41) is 0. The summed E-state index contributed by atoms with van der Waals surface area (Å²) in [6.45, 7) is 4.71. The zero-order valence-corrected chi connectivity index (χ0v) is 15.5. The summed E-state index contributed by atoms with van der Waals surface area (Å²) in [7, 11) is 0. The van der Waals surface area contributed by atoms with Crippen molar-refractivity contribution in [3.05, 3.63) is 35.9 Å². The van der Waals surface area contributed by atoms with Gasteiger partial charge in [0.2, 0.25) is 5.91 Å². The highest BCUT2D eigenvalue weighted by atomic mass is 16.5. The second-order valence-corrected chi connectivity index (χ2v) is 6.94. The number of ether oxygens (including phenoxy) is 1. The standard InChI is InChI=1S/C20H28N2O4/c1-3-14(2)18(15-7-5-4-6-8-15)20(25)26-13-17(23)22-11-9-16(10-12-22)19(21)24/h4-8,14,16,18H,3,9-13H2,1-2H3,(H2,21,24)/t14-,18+/m0/s1. The number of carbonyl (C=O) groups excluding carboxylic acids is 3. The Hall–Kier alpha value is -2.37. The normalized spacial score (nSPS) is 17.4. The van der Waals surface area contributed by atoms with Gasteiger partial charge in [-0.1, -0.05) is 50.6 Å². The van der Waals surface area contributed by atoms with Crippen molar-refractivity contribution in [2.24, 2.45) is 17.6 Å². The van der Waals surface area contributed by atoms with Crippen LogP contribution < -0.4 is 5.73 Å². The molecule has 2 rings (SSSR count). The summed E-state index contributed by atoms with van der Waals surface area (Å²) < 4.78 is 5.35. The average molecular weight is 360 g/mol. The first-order valence-electron chi connectivity index (χ1n) is 9.22. The van der Waals surface area contributed by atoms with Crippen LogP contribution in [-0.2, 0) is 19.1 Å². The topological polar surface area (TPSA) is 89.7 Å². The lowest BCUT2D eigenvalue weighted by Gasteiger charge is -2.30. The number of nitrogens with two attached hydrogens (primary N) is 1. The third-order valence-electron chi connectivity index (χ3n) is 5.21. The largest absolute Gasteiger partial charge is 0.455 e. The molecule has 6 nitrogen and oxygen atoms in total. The molecule has 0 bridgehead atoms. The second kappa shape index (κ2) is 9.36. The minimum atomic E-state index is -0.380. The number of primary amides is 1. The number of piperidine rings is 1. The van der Waals surface area contributed by atoms with Crippen LogP contribution in [0.5, 0.6) is 0 Å². The number of carbonyl (C=O) groups is 3. The summed E-state index contributed by atoms with van der Waals surface area (Å²) in [6.07, 6.45) is 1.96. The first-order chi connectivity index (χ1) is 12.4. The van der Waals surface area contributed by atoms with Gasteiger partial charge in [0, 0.05) is 19.0 Å². The molecular weight excluding hydrogens is 332 g/mol. The fourth-order valence-electron chi connectivity index (χ4n) is 3.32. The minimum Gasteiger partial charge on any atom is -0.455 e. The van der Waals surface area contributed by atoms with Crippen LogP contribution in [0.3, 0.4) is 0 Å². The highest BCUT2D eigenvalue weighted by molar-refractivity contribution is 5.84. The third-order valence-corrected chi connectivity index (χ3v) is 5.21. The van der Waals surface area contributed by atoms with E-state index in [0.29, 0.717) is 25.9 Å². The number of rotatable bonds is 7. The number of likely N-dealkylation sites (tertiary alicyclic amines) is 1. The molecule has 142 valence electrons. The van der Waals surface area contributed by atoms with E-state index < -0.39 is 0 Å². The van der Waals surface area contributed by atoms with Crippen molar-refractivity contribution in [1.29, 1.82) is 0 Å². The van der Waals surface area contributed by atoms with E-state index in [1.54, 1.807) is 4.90 Å². The van der Waals surface area contributed by atoms with Crippen molar-refractivity contribution in [1.82, 2.24) is 4.90 Å². The number of esters is 1. The lowest BCUT2D eigenvalue weighted by atomic mass is 9.86. The van der Waals surface area contributed by atoms with E-state index in [-0.39, 0.29) is 42.1 Å². The fraction of sp³-hybridized carbons (Fsp3) is 0.550. The van der Waals surface area contributed by atoms with Crippen molar-refractivity contribution in [2.45, 2.75) is 39.0 Å². The monoisotopic (exact) mass is 360 g/mol. The SMILES string of the molecule is CC[C@H](C)[C@@H](C(=O)OCC(=O)N1CCC(C(N)=O)CC1)c1ccccc1. The molecule has 1 aromatic rings. The van der Waals surface area contributed by atoms with Crippen LogP contribution in [0.1, 0.15) is 44.6 Å². The molecule has 2 N–H and O–H groups in total. The first kappa shape index (κ1) is 19.9. The van der Waals surface area contributed by atoms with E-state index in [1.807, 2.05) is 44.2 Å². The molecule has 1 fully saturated rings. The Morgan fingerprint density at radius 2 is 1.81 bits per heavy atom. The Kier molecular flexibility index (Phi) is 7.18. The molecule has 1 aromatic carbocycles. The molecule has 0 aromatic heterocycles. The summed E-state index contributed by atoms with van der Waals surface area (Å²) >= 11 is 0. The molecular formula is C20H28N2O4. The minimum absolute atomic E-state index is 0.117. The van der Waals surface area contributed by atoms with E-state index in [1.165, 1.54) is 0 Å². The molecule has 1 aliphatic rings. The molecule has 1 heterocycles. The molecule has 0 unspecified atom stereocenters. The van der Waals surface area contributed by atoms with Crippen LogP contribution in [0.25, 0.3) is 0 Å². The zero-order chi connectivity index (χ0) is 19.1. The maximum Gasteiger partial charge on any atom is 0.314 e. The number of benzene rings is 1. The zero-order valence-electron chi connectivity index (χ0n) is 15.5. The molecule has 0 aliphatic carbocycles. The molecule has 0 radical (unpaired) electrons. The number of hydrogen-bond acceptors (Lipinski definition) is 4. The van der Waals surface area contributed by atoms with Gasteiger partial charge >= 0.3 is 5.97 Å². The predicted octanol–water partition coefficient (Wildman–Crippen LogP) is 2.08. The van der Waals surface area contributed by atoms with Gasteiger partial charge in [0.1, 0.15) is 0 Å². The van der Waals surface area contributed by atoms with E-state index in [2.05, 4.69) is 0 Å². The van der Waals surface area contributed by atoms with Gasteiger partial charge in [0.25, 0.3) is 5.91 Å². The van der Waals surface area contributed by atoms with Crippen LogP contribution in [0.4, 0.5) is 0 Å². The van der Waals surface area contributed by atoms with Crippen LogP contribution in [0.15, 0.2) is 30.3 Å². The summed E-state index contributed by atoms with van der Waals surface area (Å²) in [6, 6.07) is 9.52. The number of amides is 2. The van der Waals surface area contributed by atoms with Gasteiger partial charge in [-0.2, -0.15) is 0 Å². The van der Waals surface area contributed by atoms with Crippen molar-refractivity contribution in [3.63, 3.8) is 0 Å². The van der Waals surface area contributed by atoms with Gasteiger partial charge < -0.3 is 15.4 Å². The molecule has 26 heavy (non-hydrogen) atoms. The van der Waals surface area contributed by atoms with Gasteiger partial charge in [-0.25, -0.2) is 0 Å². The highest BCUT2D eigenvalue weighted by Crippen LogP contribution is 2.28. The molecule has 2 atom stereocenters. The van der Waals surface area contributed by atoms with Crippen molar-refractivity contribution >= 4 is 17.8 Å². The molecule has 6 heteroatoms. The Balaban J connectivity index is 1.91. The van der Waals surface area contributed by atoms with E-state index in [9.17, 15) is 14.4 Å². The highest BCUT2D eigenvalue weighted by Gasteiger charge is 2.30. The van der Waals surface area contributed by atoms with Crippen LogP contribution in [0.2, 0.25) is 0 Å². The lowest BCUT2D eigenvalue weighted by molar-refractivity contribution is -0.155. The van der Waals surface area contributed by atoms with E-state index in [0.717, 1.165) is 12.0 Å². The molecule has 2 amide bonds. The van der Waals surface area contributed by atoms with Crippen LogP contribution in [0, 0.1) is 11.8 Å². The van der Waals surface area contributed by atoms with Crippen LogP contribution in [-0.4, -0.2) is 42.4 Å². The smallest absolute Gasteiger partial charge is 0.314 e. The second-order valence-electron chi connectivity index (χ2n) is 6.94. The summed E-state index contributed by atoms with van der Waals surface area (Å²) in [4.78, 5) is 37.8. The maximum absolute atomic E-state index is 12.6. The lowest BCUT2D eigenvalue weighted by Crippen LogP contribution is -2.43. The van der Waals surface area contributed by atoms with Gasteiger partial charge in [0.15, 0.2) is 6.61 Å². The Morgan fingerprint density at radius 3 is 2.35 bits per heavy atom. The van der Waals surface area contributed by atoms with Crippen LogP contribution >= 0.6 is 0 Å². The fourth-order valence-corrected chi connectivity index (χ4v) is 3.32. The van der Waals surface area contributed by atoms with E-state index >= 15 is 0 Å².